The maximum absolute atomic E-state index is 12.9. The van der Waals surface area contributed by atoms with Gasteiger partial charge in [-0.3, -0.25) is 4.79 Å². The number of piperazine rings is 1. The van der Waals surface area contributed by atoms with Crippen LogP contribution in [0.4, 0.5) is 0 Å². The summed E-state index contributed by atoms with van der Waals surface area (Å²) in [5.74, 6) is 2.16. The van der Waals surface area contributed by atoms with E-state index in [2.05, 4.69) is 52.4 Å². The van der Waals surface area contributed by atoms with Gasteiger partial charge in [0.1, 0.15) is 5.75 Å². The fourth-order valence-electron chi connectivity index (χ4n) is 4.89. The van der Waals surface area contributed by atoms with Crippen LogP contribution in [0.2, 0.25) is 0 Å². The Bertz CT molecular complexity index is 716. The Labute approximate surface area is 181 Å². The van der Waals surface area contributed by atoms with Crippen molar-refractivity contribution in [2.45, 2.75) is 39.0 Å². The summed E-state index contributed by atoms with van der Waals surface area (Å²) in [6.45, 7) is 10.1. The molecule has 1 aromatic carbocycles. The quantitative estimate of drug-likeness (QED) is 0.779. The fraction of sp³-hybridized carbons (Fsp3) is 0.640. The molecule has 4 rings (SSSR count). The Kier molecular flexibility index (Phi) is 7.45. The highest BCUT2D eigenvalue weighted by Gasteiger charge is 2.28. The normalized spacial score (nSPS) is 23.8. The van der Waals surface area contributed by atoms with Gasteiger partial charge in [0, 0.05) is 32.1 Å². The third-order valence-corrected chi connectivity index (χ3v) is 7.06. The van der Waals surface area contributed by atoms with Crippen LogP contribution >= 0.6 is 0 Å². The lowest BCUT2D eigenvalue weighted by atomic mass is 9.85. The molecule has 1 amide bonds. The molecular weight excluding hydrogens is 374 g/mol. The van der Waals surface area contributed by atoms with E-state index in [4.69, 9.17) is 4.74 Å². The predicted octanol–water partition coefficient (Wildman–Crippen LogP) is 3.41. The SMILES string of the molecule is CCN1CCN(C(=O)C2CC=C(c3ccc(OCC4CCNCC4)cc3)CC2)CC1. The van der Waals surface area contributed by atoms with E-state index in [0.29, 0.717) is 11.8 Å². The Morgan fingerprint density at radius 3 is 2.43 bits per heavy atom. The lowest BCUT2D eigenvalue weighted by Gasteiger charge is -2.36. The molecule has 1 aromatic rings. The van der Waals surface area contributed by atoms with Gasteiger partial charge in [-0.2, -0.15) is 0 Å². The molecule has 1 atom stereocenters. The number of hydrogen-bond donors (Lipinski definition) is 1. The van der Waals surface area contributed by atoms with Crippen LogP contribution in [-0.2, 0) is 4.79 Å². The van der Waals surface area contributed by atoms with E-state index in [0.717, 1.165) is 77.4 Å². The zero-order valence-corrected chi connectivity index (χ0v) is 18.4. The summed E-state index contributed by atoms with van der Waals surface area (Å²) in [5, 5.41) is 3.40. The Morgan fingerprint density at radius 1 is 1.07 bits per heavy atom. The molecule has 5 heteroatoms. The Morgan fingerprint density at radius 2 is 1.80 bits per heavy atom. The van der Waals surface area contributed by atoms with E-state index in [1.54, 1.807) is 0 Å². The van der Waals surface area contributed by atoms with Crippen molar-refractivity contribution < 1.29 is 9.53 Å². The average molecular weight is 412 g/mol. The molecule has 164 valence electrons. The van der Waals surface area contributed by atoms with Gasteiger partial charge in [0.15, 0.2) is 0 Å². The number of carbonyl (C=O) groups excluding carboxylic acids is 1. The first-order valence-corrected chi connectivity index (χ1v) is 11.9. The summed E-state index contributed by atoms with van der Waals surface area (Å²) in [5.41, 5.74) is 2.64. The van der Waals surface area contributed by atoms with Crippen molar-refractivity contribution in [3.63, 3.8) is 0 Å². The zero-order chi connectivity index (χ0) is 20.8. The van der Waals surface area contributed by atoms with E-state index in [1.165, 1.54) is 24.0 Å². The summed E-state index contributed by atoms with van der Waals surface area (Å²) in [4.78, 5) is 17.4. The minimum Gasteiger partial charge on any atom is -0.493 e. The van der Waals surface area contributed by atoms with Crippen molar-refractivity contribution in [3.05, 3.63) is 35.9 Å². The number of nitrogens with zero attached hydrogens (tertiary/aromatic N) is 2. The molecular formula is C25H37N3O2. The first-order chi connectivity index (χ1) is 14.7. The number of nitrogens with one attached hydrogen (secondary N) is 1. The zero-order valence-electron chi connectivity index (χ0n) is 18.4. The number of likely N-dealkylation sites (N-methyl/N-ethyl adjacent to an activating group) is 1. The first-order valence-electron chi connectivity index (χ1n) is 11.9. The maximum atomic E-state index is 12.9. The molecule has 2 fully saturated rings. The van der Waals surface area contributed by atoms with Gasteiger partial charge in [0.2, 0.25) is 5.91 Å². The fourth-order valence-corrected chi connectivity index (χ4v) is 4.89. The lowest BCUT2D eigenvalue weighted by Crippen LogP contribution is -2.50. The minimum atomic E-state index is 0.162. The number of piperidine rings is 1. The molecule has 3 aliphatic rings. The van der Waals surface area contributed by atoms with Gasteiger partial charge >= 0.3 is 0 Å². The van der Waals surface area contributed by atoms with E-state index < -0.39 is 0 Å². The maximum Gasteiger partial charge on any atom is 0.226 e. The van der Waals surface area contributed by atoms with E-state index in [9.17, 15) is 4.79 Å². The third-order valence-electron chi connectivity index (χ3n) is 7.06. The van der Waals surface area contributed by atoms with Crippen LogP contribution < -0.4 is 10.1 Å². The molecule has 0 spiro atoms. The molecule has 2 aliphatic heterocycles. The number of rotatable bonds is 6. The Balaban J connectivity index is 1.26. The monoisotopic (exact) mass is 411 g/mol. The van der Waals surface area contributed by atoms with E-state index >= 15 is 0 Å². The van der Waals surface area contributed by atoms with Gasteiger partial charge in [0.25, 0.3) is 0 Å². The molecule has 1 unspecified atom stereocenters. The highest BCUT2D eigenvalue weighted by molar-refractivity contribution is 5.81. The molecule has 2 saturated heterocycles. The van der Waals surface area contributed by atoms with Crippen molar-refractivity contribution >= 4 is 11.5 Å². The van der Waals surface area contributed by atoms with Crippen LogP contribution in [0.25, 0.3) is 5.57 Å². The van der Waals surface area contributed by atoms with Crippen LogP contribution in [-0.4, -0.2) is 68.1 Å². The van der Waals surface area contributed by atoms with Gasteiger partial charge in [-0.25, -0.2) is 0 Å². The second-order valence-electron chi connectivity index (χ2n) is 8.99. The van der Waals surface area contributed by atoms with Gasteiger partial charge < -0.3 is 19.9 Å². The van der Waals surface area contributed by atoms with E-state index in [1.807, 2.05) is 0 Å². The van der Waals surface area contributed by atoms with Gasteiger partial charge in [-0.1, -0.05) is 25.1 Å². The molecule has 0 bridgehead atoms. The molecule has 0 saturated carbocycles. The van der Waals surface area contributed by atoms with Crippen molar-refractivity contribution in [2.24, 2.45) is 11.8 Å². The van der Waals surface area contributed by atoms with Crippen molar-refractivity contribution in [3.8, 4) is 5.75 Å². The summed E-state index contributed by atoms with van der Waals surface area (Å²) in [7, 11) is 0. The van der Waals surface area contributed by atoms with Crippen LogP contribution in [0.15, 0.2) is 30.3 Å². The molecule has 5 nitrogen and oxygen atoms in total. The number of carbonyl (C=O) groups is 1. The standard InChI is InChI=1S/C25H37N3O2/c1-2-27-15-17-28(18-16-27)25(29)23-5-3-21(4-6-23)22-7-9-24(10-8-22)30-19-20-11-13-26-14-12-20/h3,7-10,20,23,26H,2,4-6,11-19H2,1H3. The van der Waals surface area contributed by atoms with Crippen LogP contribution in [0.1, 0.15) is 44.6 Å². The van der Waals surface area contributed by atoms with Gasteiger partial charge in [-0.15, -0.1) is 0 Å². The van der Waals surface area contributed by atoms with Gasteiger partial charge in [0.05, 0.1) is 6.61 Å². The highest BCUT2D eigenvalue weighted by atomic mass is 16.5. The number of allylic oxidation sites excluding steroid dienone is 2. The number of benzene rings is 1. The van der Waals surface area contributed by atoms with E-state index in [-0.39, 0.29) is 5.92 Å². The molecule has 1 N–H and O–H groups in total. The number of hydrogen-bond acceptors (Lipinski definition) is 4. The number of amides is 1. The van der Waals surface area contributed by atoms with Crippen molar-refractivity contribution in [1.82, 2.24) is 15.1 Å². The van der Waals surface area contributed by atoms with Crippen LogP contribution in [0.5, 0.6) is 5.75 Å². The van der Waals surface area contributed by atoms with Crippen LogP contribution in [0, 0.1) is 11.8 Å². The molecule has 1 aliphatic carbocycles. The highest BCUT2D eigenvalue weighted by Crippen LogP contribution is 2.32. The molecule has 30 heavy (non-hydrogen) atoms. The summed E-state index contributed by atoms with van der Waals surface area (Å²) >= 11 is 0. The summed E-state index contributed by atoms with van der Waals surface area (Å²) in [6.07, 6.45) is 7.53. The summed E-state index contributed by atoms with van der Waals surface area (Å²) in [6, 6.07) is 8.55. The average Bonchev–Trinajstić information content (AvgIpc) is 2.83. The summed E-state index contributed by atoms with van der Waals surface area (Å²) < 4.78 is 6.02. The Hall–Kier alpha value is -1.85. The van der Waals surface area contributed by atoms with Gasteiger partial charge in [-0.05, 0) is 80.9 Å². The second kappa shape index (κ2) is 10.5. The molecule has 0 aromatic heterocycles. The van der Waals surface area contributed by atoms with Crippen molar-refractivity contribution in [1.29, 1.82) is 0 Å². The second-order valence-corrected chi connectivity index (χ2v) is 8.99. The first kappa shape index (κ1) is 21.4. The molecule has 2 heterocycles. The largest absolute Gasteiger partial charge is 0.493 e. The predicted molar refractivity (Wildman–Crippen MR) is 122 cm³/mol. The smallest absolute Gasteiger partial charge is 0.226 e. The third kappa shape index (κ3) is 5.44. The number of ether oxygens (including phenoxy) is 1. The molecule has 0 radical (unpaired) electrons. The minimum absolute atomic E-state index is 0.162. The van der Waals surface area contributed by atoms with Crippen LogP contribution in [0.3, 0.4) is 0 Å². The topological polar surface area (TPSA) is 44.8 Å². The lowest BCUT2D eigenvalue weighted by molar-refractivity contribution is -0.137. The van der Waals surface area contributed by atoms with Crippen molar-refractivity contribution in [2.75, 3.05) is 52.4 Å².